The SMILES string of the molecule is CNc1ccc(C(=O)OCC(=O)Nc2cccc3c2C(=O)c2ccccc2C3=O)cc1[N+](=O)[O-]. The van der Waals surface area contributed by atoms with Gasteiger partial charge in [0.25, 0.3) is 11.6 Å². The van der Waals surface area contributed by atoms with E-state index in [4.69, 9.17) is 4.74 Å². The van der Waals surface area contributed by atoms with Gasteiger partial charge in [0.05, 0.1) is 21.7 Å². The van der Waals surface area contributed by atoms with Crippen LogP contribution < -0.4 is 10.6 Å². The molecular weight excluding hydrogens is 442 g/mol. The van der Waals surface area contributed by atoms with Crippen LogP contribution >= 0.6 is 0 Å². The van der Waals surface area contributed by atoms with Gasteiger partial charge in [-0.2, -0.15) is 0 Å². The third-order valence-electron chi connectivity index (χ3n) is 5.26. The summed E-state index contributed by atoms with van der Waals surface area (Å²) in [5.41, 5.74) is 0.651. The minimum atomic E-state index is -0.934. The summed E-state index contributed by atoms with van der Waals surface area (Å²) < 4.78 is 4.97. The number of nitro benzene ring substituents is 1. The molecule has 2 N–H and O–H groups in total. The molecule has 0 saturated carbocycles. The van der Waals surface area contributed by atoms with Crippen molar-refractivity contribution in [2.24, 2.45) is 0 Å². The van der Waals surface area contributed by atoms with E-state index in [0.717, 1.165) is 6.07 Å². The van der Waals surface area contributed by atoms with Gasteiger partial charge in [0.15, 0.2) is 18.2 Å². The number of carbonyl (C=O) groups excluding carboxylic acids is 4. The number of hydrogen-bond donors (Lipinski definition) is 2. The van der Waals surface area contributed by atoms with Gasteiger partial charge in [-0.25, -0.2) is 4.79 Å². The van der Waals surface area contributed by atoms with Gasteiger partial charge in [-0.1, -0.05) is 36.4 Å². The highest BCUT2D eigenvalue weighted by atomic mass is 16.6. The fourth-order valence-corrected chi connectivity index (χ4v) is 3.67. The van der Waals surface area contributed by atoms with Crippen molar-refractivity contribution in [1.82, 2.24) is 0 Å². The number of fused-ring (bicyclic) bond motifs is 2. The zero-order valence-electron chi connectivity index (χ0n) is 17.8. The van der Waals surface area contributed by atoms with Crippen LogP contribution in [0.4, 0.5) is 17.1 Å². The molecule has 0 aromatic heterocycles. The summed E-state index contributed by atoms with van der Waals surface area (Å²) in [6.45, 7) is -0.706. The lowest BCUT2D eigenvalue weighted by atomic mass is 9.83. The quantitative estimate of drug-likeness (QED) is 0.254. The molecule has 34 heavy (non-hydrogen) atoms. The molecule has 1 aliphatic carbocycles. The Hall–Kier alpha value is -4.86. The Morgan fingerprint density at radius 3 is 2.26 bits per heavy atom. The summed E-state index contributed by atoms with van der Waals surface area (Å²) in [6.07, 6.45) is 0. The monoisotopic (exact) mass is 459 g/mol. The number of nitrogens with one attached hydrogen (secondary N) is 2. The second-order valence-electron chi connectivity index (χ2n) is 7.30. The third-order valence-corrected chi connectivity index (χ3v) is 5.26. The van der Waals surface area contributed by atoms with Crippen molar-refractivity contribution in [3.8, 4) is 0 Å². The first-order valence-electron chi connectivity index (χ1n) is 10.1. The molecule has 3 aromatic rings. The number of ether oxygens (including phenoxy) is 1. The van der Waals surface area contributed by atoms with Gasteiger partial charge in [-0.15, -0.1) is 0 Å². The van der Waals surface area contributed by atoms with Crippen LogP contribution in [0, 0.1) is 10.1 Å². The first-order chi connectivity index (χ1) is 16.3. The lowest BCUT2D eigenvalue weighted by molar-refractivity contribution is -0.384. The molecule has 10 heteroatoms. The first-order valence-corrected chi connectivity index (χ1v) is 10.1. The van der Waals surface area contributed by atoms with Crippen molar-refractivity contribution < 1.29 is 28.8 Å². The van der Waals surface area contributed by atoms with Crippen molar-refractivity contribution >= 4 is 40.5 Å². The van der Waals surface area contributed by atoms with E-state index in [2.05, 4.69) is 10.6 Å². The van der Waals surface area contributed by atoms with Crippen LogP contribution in [0.2, 0.25) is 0 Å². The smallest absolute Gasteiger partial charge is 0.338 e. The molecule has 0 atom stereocenters. The predicted octanol–water partition coefficient (Wildman–Crippen LogP) is 3.21. The summed E-state index contributed by atoms with van der Waals surface area (Å²) in [5.74, 6) is -2.42. The summed E-state index contributed by atoms with van der Waals surface area (Å²) in [6, 6.07) is 14.6. The van der Waals surface area contributed by atoms with E-state index in [1.54, 1.807) is 18.2 Å². The molecule has 0 saturated heterocycles. The number of rotatable bonds is 6. The van der Waals surface area contributed by atoms with Gasteiger partial charge in [-0.3, -0.25) is 24.5 Å². The number of hydrogen-bond acceptors (Lipinski definition) is 8. The Bertz CT molecular complexity index is 1380. The highest BCUT2D eigenvalue weighted by molar-refractivity contribution is 6.30. The average molecular weight is 459 g/mol. The predicted molar refractivity (Wildman–Crippen MR) is 121 cm³/mol. The maximum absolute atomic E-state index is 13.0. The van der Waals surface area contributed by atoms with E-state index in [-0.39, 0.29) is 50.7 Å². The number of nitro groups is 1. The van der Waals surface area contributed by atoms with E-state index in [9.17, 15) is 29.3 Å². The number of anilines is 2. The van der Waals surface area contributed by atoms with Gasteiger partial charge in [0, 0.05) is 29.8 Å². The van der Waals surface area contributed by atoms with E-state index < -0.39 is 29.2 Å². The standard InChI is InChI=1S/C24H17N3O7/c1-25-17-10-9-13(11-19(17)27(32)33)24(31)34-12-20(28)26-18-8-4-7-16-21(18)23(30)15-6-3-2-5-14(15)22(16)29/h2-11,25H,12H2,1H3,(H,26,28). The molecule has 0 fully saturated rings. The first kappa shape index (κ1) is 22.3. The van der Waals surface area contributed by atoms with Gasteiger partial charge in [0.2, 0.25) is 0 Å². The normalized spacial score (nSPS) is 11.8. The third kappa shape index (κ3) is 3.99. The fraction of sp³-hybridized carbons (Fsp3) is 0.0833. The lowest BCUT2D eigenvalue weighted by Gasteiger charge is -2.20. The molecule has 10 nitrogen and oxygen atoms in total. The number of benzene rings is 3. The Balaban J connectivity index is 1.49. The number of nitrogens with zero attached hydrogens (tertiary/aromatic N) is 1. The molecule has 0 aliphatic heterocycles. The molecule has 170 valence electrons. The molecule has 3 aromatic carbocycles. The van der Waals surface area contributed by atoms with Crippen LogP contribution in [0.5, 0.6) is 0 Å². The Morgan fingerprint density at radius 2 is 1.59 bits per heavy atom. The van der Waals surface area contributed by atoms with E-state index in [0.29, 0.717) is 0 Å². The number of amides is 1. The average Bonchev–Trinajstić information content (AvgIpc) is 2.85. The summed E-state index contributed by atoms with van der Waals surface area (Å²) in [4.78, 5) is 61.1. The fourth-order valence-electron chi connectivity index (χ4n) is 3.67. The van der Waals surface area contributed by atoms with Gasteiger partial charge in [-0.05, 0) is 18.2 Å². The highest BCUT2D eigenvalue weighted by Gasteiger charge is 2.31. The van der Waals surface area contributed by atoms with E-state index in [1.807, 2.05) is 0 Å². The van der Waals surface area contributed by atoms with Crippen LogP contribution in [0.3, 0.4) is 0 Å². The molecule has 0 heterocycles. The molecule has 0 unspecified atom stereocenters. The van der Waals surface area contributed by atoms with Crippen molar-refractivity contribution in [1.29, 1.82) is 0 Å². The minimum absolute atomic E-state index is 0.0594. The molecule has 0 spiro atoms. The lowest BCUT2D eigenvalue weighted by Crippen LogP contribution is -2.26. The zero-order chi connectivity index (χ0) is 24.4. The molecule has 1 amide bonds. The molecule has 0 bridgehead atoms. The second-order valence-corrected chi connectivity index (χ2v) is 7.30. The topological polar surface area (TPSA) is 145 Å². The highest BCUT2D eigenvalue weighted by Crippen LogP contribution is 2.32. The van der Waals surface area contributed by atoms with Gasteiger partial charge < -0.3 is 15.4 Å². The van der Waals surface area contributed by atoms with Crippen molar-refractivity contribution in [2.45, 2.75) is 0 Å². The summed E-state index contributed by atoms with van der Waals surface area (Å²) in [7, 11) is 1.50. The number of carbonyl (C=O) groups is 4. The van der Waals surface area contributed by atoms with E-state index >= 15 is 0 Å². The van der Waals surface area contributed by atoms with Crippen molar-refractivity contribution in [2.75, 3.05) is 24.3 Å². The van der Waals surface area contributed by atoms with Crippen LogP contribution in [0.15, 0.2) is 60.7 Å². The Kier molecular flexibility index (Phi) is 5.88. The van der Waals surface area contributed by atoms with Crippen molar-refractivity contribution in [3.05, 3.63) is 98.6 Å². The summed E-state index contributed by atoms with van der Waals surface area (Å²) >= 11 is 0. The Morgan fingerprint density at radius 1 is 0.912 bits per heavy atom. The molecule has 4 rings (SSSR count). The Labute approximate surface area is 192 Å². The molecule has 1 aliphatic rings. The van der Waals surface area contributed by atoms with Crippen LogP contribution in [0.25, 0.3) is 0 Å². The second kappa shape index (κ2) is 8.94. The van der Waals surface area contributed by atoms with Crippen LogP contribution in [-0.2, 0) is 9.53 Å². The summed E-state index contributed by atoms with van der Waals surface area (Å²) in [5, 5.41) is 16.3. The maximum Gasteiger partial charge on any atom is 0.338 e. The van der Waals surface area contributed by atoms with Gasteiger partial charge in [0.1, 0.15) is 5.69 Å². The number of ketones is 2. The minimum Gasteiger partial charge on any atom is -0.452 e. The zero-order valence-corrected chi connectivity index (χ0v) is 17.8. The van der Waals surface area contributed by atoms with Gasteiger partial charge >= 0.3 is 5.97 Å². The van der Waals surface area contributed by atoms with Crippen LogP contribution in [-0.4, -0.2) is 42.0 Å². The molecule has 0 radical (unpaired) electrons. The maximum atomic E-state index is 13.0. The number of esters is 1. The van der Waals surface area contributed by atoms with E-state index in [1.165, 1.54) is 43.4 Å². The largest absolute Gasteiger partial charge is 0.452 e. The van der Waals surface area contributed by atoms with Crippen molar-refractivity contribution in [3.63, 3.8) is 0 Å². The molecular formula is C24H17N3O7. The van der Waals surface area contributed by atoms with Crippen LogP contribution in [0.1, 0.15) is 42.2 Å².